The van der Waals surface area contributed by atoms with Gasteiger partial charge in [0.1, 0.15) is 18.7 Å². The molecular weight excluding hydrogens is 396 g/mol. The van der Waals surface area contributed by atoms with E-state index in [0.717, 1.165) is 18.4 Å². The number of alkyl carbamates (subject to hydrolysis) is 1. The summed E-state index contributed by atoms with van der Waals surface area (Å²) < 4.78 is 5.22. The number of hydrogen-bond acceptors (Lipinski definition) is 5. The predicted octanol–water partition coefficient (Wildman–Crippen LogP) is 2.64. The minimum Gasteiger partial charge on any atom is -0.445 e. The number of carbonyl (C=O) groups excluding carboxylic acids is 3. The molecule has 8 nitrogen and oxygen atoms in total. The Bertz CT molecular complexity index is 776. The van der Waals surface area contributed by atoms with Crippen molar-refractivity contribution in [1.29, 1.82) is 5.26 Å². The summed E-state index contributed by atoms with van der Waals surface area (Å²) in [6.07, 6.45) is 2.36. The molecule has 0 saturated carbocycles. The van der Waals surface area contributed by atoms with Gasteiger partial charge in [-0.1, -0.05) is 44.2 Å². The molecule has 1 aromatic carbocycles. The van der Waals surface area contributed by atoms with E-state index in [0.29, 0.717) is 25.8 Å². The highest BCUT2D eigenvalue weighted by molar-refractivity contribution is 5.86. The van der Waals surface area contributed by atoms with Gasteiger partial charge in [0.15, 0.2) is 0 Å². The maximum Gasteiger partial charge on any atom is 0.408 e. The maximum atomic E-state index is 12.8. The van der Waals surface area contributed by atoms with Crippen LogP contribution in [0.5, 0.6) is 0 Å². The second kappa shape index (κ2) is 12.6. The fraction of sp³-hybridized carbons (Fsp3) is 0.565. The summed E-state index contributed by atoms with van der Waals surface area (Å²) in [6.45, 7) is 4.69. The van der Waals surface area contributed by atoms with E-state index in [1.54, 1.807) is 0 Å². The van der Waals surface area contributed by atoms with Crippen molar-refractivity contribution in [1.82, 2.24) is 16.0 Å². The molecule has 0 unspecified atom stereocenters. The number of nitrogens with zero attached hydrogens (tertiary/aromatic N) is 1. The summed E-state index contributed by atoms with van der Waals surface area (Å²) >= 11 is 0. The Hall–Kier alpha value is -3.08. The van der Waals surface area contributed by atoms with E-state index in [4.69, 9.17) is 4.74 Å². The number of piperidine rings is 1. The second-order valence-corrected chi connectivity index (χ2v) is 8.29. The highest BCUT2D eigenvalue weighted by atomic mass is 16.5. The van der Waals surface area contributed by atoms with Crippen molar-refractivity contribution >= 4 is 17.9 Å². The van der Waals surface area contributed by atoms with Crippen LogP contribution in [0.4, 0.5) is 4.79 Å². The molecule has 0 bridgehead atoms. The number of nitrogens with one attached hydrogen (secondary N) is 3. The Balaban J connectivity index is 1.87. The Kier molecular flexibility index (Phi) is 9.82. The molecule has 3 N–H and O–H groups in total. The molecule has 1 saturated heterocycles. The van der Waals surface area contributed by atoms with Crippen LogP contribution in [0.25, 0.3) is 0 Å². The van der Waals surface area contributed by atoms with Crippen molar-refractivity contribution in [3.63, 3.8) is 0 Å². The lowest BCUT2D eigenvalue weighted by Crippen LogP contribution is -2.50. The summed E-state index contributed by atoms with van der Waals surface area (Å²) in [5.41, 5.74) is 0.846. The van der Waals surface area contributed by atoms with Crippen molar-refractivity contribution < 1.29 is 19.1 Å². The standard InChI is InChI=1S/C23H32N4O4/c1-16(2)13-20(27-23(30)31-15-17-7-4-3-5-8-17)22(29)26-19(14-24)11-10-18-9-6-12-25-21(18)28/h3-5,7-8,16,18-20H,6,9-13,15H2,1-2H3,(H,25,28)(H,26,29)(H,27,30)/t18-,19-,20-/m0/s1. The summed E-state index contributed by atoms with van der Waals surface area (Å²) in [7, 11) is 0. The highest BCUT2D eigenvalue weighted by Crippen LogP contribution is 2.18. The van der Waals surface area contributed by atoms with E-state index < -0.39 is 24.1 Å². The molecule has 3 atom stereocenters. The van der Waals surface area contributed by atoms with Crippen LogP contribution in [-0.4, -0.2) is 36.5 Å². The molecule has 168 valence electrons. The molecule has 0 radical (unpaired) electrons. The van der Waals surface area contributed by atoms with Gasteiger partial charge in [-0.05, 0) is 43.6 Å². The molecule has 31 heavy (non-hydrogen) atoms. The first-order valence-electron chi connectivity index (χ1n) is 10.8. The first-order chi connectivity index (χ1) is 14.9. The van der Waals surface area contributed by atoms with Gasteiger partial charge in [-0.25, -0.2) is 4.79 Å². The van der Waals surface area contributed by atoms with Gasteiger partial charge in [0, 0.05) is 12.5 Å². The molecule has 1 aliphatic heterocycles. The second-order valence-electron chi connectivity index (χ2n) is 8.29. The van der Waals surface area contributed by atoms with Crippen molar-refractivity contribution in [2.24, 2.45) is 11.8 Å². The molecule has 0 spiro atoms. The normalized spacial score (nSPS) is 17.7. The number of nitriles is 1. The first kappa shape index (κ1) is 24.2. The minimum absolute atomic E-state index is 0.00905. The molecule has 0 aromatic heterocycles. The lowest BCUT2D eigenvalue weighted by atomic mass is 9.92. The molecule has 2 rings (SSSR count). The van der Waals surface area contributed by atoms with Gasteiger partial charge in [-0.3, -0.25) is 9.59 Å². The molecule has 1 aliphatic rings. The van der Waals surface area contributed by atoms with Gasteiger partial charge >= 0.3 is 6.09 Å². The van der Waals surface area contributed by atoms with E-state index >= 15 is 0 Å². The van der Waals surface area contributed by atoms with Gasteiger partial charge in [0.2, 0.25) is 11.8 Å². The lowest BCUT2D eigenvalue weighted by Gasteiger charge is -2.24. The fourth-order valence-corrected chi connectivity index (χ4v) is 3.53. The number of ether oxygens (including phenoxy) is 1. The van der Waals surface area contributed by atoms with Crippen LogP contribution in [0.3, 0.4) is 0 Å². The average molecular weight is 429 g/mol. The van der Waals surface area contributed by atoms with E-state index in [1.165, 1.54) is 0 Å². The highest BCUT2D eigenvalue weighted by Gasteiger charge is 2.27. The number of carbonyl (C=O) groups is 3. The summed E-state index contributed by atoms with van der Waals surface area (Å²) in [5.74, 6) is -0.393. The molecule has 8 heteroatoms. The third-order valence-corrected chi connectivity index (χ3v) is 5.20. The van der Waals surface area contributed by atoms with E-state index in [2.05, 4.69) is 22.0 Å². The van der Waals surface area contributed by atoms with Crippen molar-refractivity contribution in [2.45, 2.75) is 64.6 Å². The lowest BCUT2D eigenvalue weighted by molar-refractivity contribution is -0.126. The van der Waals surface area contributed by atoms with E-state index in [9.17, 15) is 19.6 Å². The smallest absolute Gasteiger partial charge is 0.408 e. The zero-order valence-electron chi connectivity index (χ0n) is 18.2. The van der Waals surface area contributed by atoms with E-state index in [1.807, 2.05) is 44.2 Å². The molecule has 0 aliphatic carbocycles. The summed E-state index contributed by atoms with van der Waals surface area (Å²) in [5, 5.41) is 17.6. The Morgan fingerprint density at radius 1 is 1.26 bits per heavy atom. The zero-order chi connectivity index (χ0) is 22.6. The van der Waals surface area contributed by atoms with Gasteiger partial charge in [0.25, 0.3) is 0 Å². The molecule has 3 amide bonds. The van der Waals surface area contributed by atoms with Crippen LogP contribution in [-0.2, 0) is 20.9 Å². The zero-order valence-corrected chi connectivity index (χ0v) is 18.2. The Morgan fingerprint density at radius 3 is 2.65 bits per heavy atom. The largest absolute Gasteiger partial charge is 0.445 e. The molecule has 1 aromatic rings. The SMILES string of the molecule is CC(C)C[C@H](NC(=O)OCc1ccccc1)C(=O)N[C@H](C#N)CC[C@@H]1CCCNC1=O. The van der Waals surface area contributed by atoms with Crippen LogP contribution in [0.1, 0.15) is 51.5 Å². The van der Waals surface area contributed by atoms with E-state index in [-0.39, 0.29) is 24.3 Å². The van der Waals surface area contributed by atoms with Gasteiger partial charge in [0.05, 0.1) is 6.07 Å². The van der Waals surface area contributed by atoms with Crippen LogP contribution in [0.2, 0.25) is 0 Å². The predicted molar refractivity (Wildman–Crippen MR) is 116 cm³/mol. The summed E-state index contributed by atoms with van der Waals surface area (Å²) in [6, 6.07) is 9.82. The van der Waals surface area contributed by atoms with Crippen LogP contribution in [0, 0.1) is 23.2 Å². The number of rotatable bonds is 10. The van der Waals surface area contributed by atoms with Crippen LogP contribution >= 0.6 is 0 Å². The van der Waals surface area contributed by atoms with Crippen LogP contribution in [0.15, 0.2) is 30.3 Å². The number of amides is 3. The maximum absolute atomic E-state index is 12.8. The molecule has 1 heterocycles. The number of benzene rings is 1. The fourth-order valence-electron chi connectivity index (χ4n) is 3.53. The third kappa shape index (κ3) is 8.67. The Labute approximate surface area is 183 Å². The monoisotopic (exact) mass is 428 g/mol. The minimum atomic E-state index is -0.808. The van der Waals surface area contributed by atoms with Gasteiger partial charge in [-0.15, -0.1) is 0 Å². The van der Waals surface area contributed by atoms with Crippen molar-refractivity contribution in [2.75, 3.05) is 6.54 Å². The number of hydrogen-bond donors (Lipinski definition) is 3. The molecular formula is C23H32N4O4. The molecule has 1 fully saturated rings. The first-order valence-corrected chi connectivity index (χ1v) is 10.8. The van der Waals surface area contributed by atoms with Crippen molar-refractivity contribution in [3.05, 3.63) is 35.9 Å². The third-order valence-electron chi connectivity index (χ3n) is 5.20. The topological polar surface area (TPSA) is 120 Å². The average Bonchev–Trinajstić information content (AvgIpc) is 2.76. The van der Waals surface area contributed by atoms with Gasteiger partial charge < -0.3 is 20.7 Å². The van der Waals surface area contributed by atoms with Crippen molar-refractivity contribution in [3.8, 4) is 6.07 Å². The summed E-state index contributed by atoms with van der Waals surface area (Å²) in [4.78, 5) is 36.9. The van der Waals surface area contributed by atoms with Gasteiger partial charge in [-0.2, -0.15) is 5.26 Å². The van der Waals surface area contributed by atoms with Crippen LogP contribution < -0.4 is 16.0 Å². The quantitative estimate of drug-likeness (QED) is 0.529. The Morgan fingerprint density at radius 2 is 2.00 bits per heavy atom.